The van der Waals surface area contributed by atoms with Crippen LogP contribution in [-0.4, -0.2) is 17.1 Å². The van der Waals surface area contributed by atoms with Crippen LogP contribution in [0.1, 0.15) is 44.7 Å². The van der Waals surface area contributed by atoms with Crippen molar-refractivity contribution in [1.82, 2.24) is 5.32 Å². The van der Waals surface area contributed by atoms with Gasteiger partial charge in [-0.25, -0.2) is 0 Å². The number of rotatable bonds is 8. The minimum atomic E-state index is -0.784. The number of carbonyl (C=O) groups is 1. The second-order valence-corrected chi connectivity index (χ2v) is 5.64. The Kier molecular flexibility index (Phi) is 6.57. The van der Waals surface area contributed by atoms with E-state index >= 15 is 0 Å². The van der Waals surface area contributed by atoms with Crippen molar-refractivity contribution >= 4 is 5.97 Å². The molecule has 0 aromatic heterocycles. The molecule has 106 valence electrons. The largest absolute Gasteiger partial charge is 0.481 e. The molecule has 1 aromatic rings. The van der Waals surface area contributed by atoms with Crippen molar-refractivity contribution in [2.24, 2.45) is 5.92 Å². The molecule has 1 unspecified atom stereocenters. The van der Waals surface area contributed by atoms with Crippen LogP contribution in [0, 0.1) is 5.92 Å². The SMILES string of the molecule is CC(C)CCC(C)NCc1ccc(CC(=O)O)cc1. The van der Waals surface area contributed by atoms with Gasteiger partial charge in [-0.15, -0.1) is 0 Å². The van der Waals surface area contributed by atoms with Crippen LogP contribution in [0.2, 0.25) is 0 Å². The third kappa shape index (κ3) is 6.97. The lowest BCUT2D eigenvalue weighted by atomic mass is 10.0. The smallest absolute Gasteiger partial charge is 0.307 e. The van der Waals surface area contributed by atoms with Gasteiger partial charge in [0.1, 0.15) is 0 Å². The first-order chi connectivity index (χ1) is 8.97. The molecule has 1 rings (SSSR count). The van der Waals surface area contributed by atoms with Crippen LogP contribution in [-0.2, 0) is 17.8 Å². The number of nitrogens with one attached hydrogen (secondary N) is 1. The highest BCUT2D eigenvalue weighted by Gasteiger charge is 2.04. The van der Waals surface area contributed by atoms with E-state index in [0.29, 0.717) is 6.04 Å². The van der Waals surface area contributed by atoms with Gasteiger partial charge in [-0.3, -0.25) is 4.79 Å². The Bertz CT molecular complexity index is 384. The number of carboxylic acids is 1. The summed E-state index contributed by atoms with van der Waals surface area (Å²) in [5, 5.41) is 12.2. The lowest BCUT2D eigenvalue weighted by Gasteiger charge is -2.15. The van der Waals surface area contributed by atoms with Crippen LogP contribution in [0.3, 0.4) is 0 Å². The number of hydrogen-bond acceptors (Lipinski definition) is 2. The number of hydrogen-bond donors (Lipinski definition) is 2. The molecule has 0 radical (unpaired) electrons. The molecule has 0 bridgehead atoms. The van der Waals surface area contributed by atoms with Gasteiger partial charge in [0.05, 0.1) is 6.42 Å². The van der Waals surface area contributed by atoms with Gasteiger partial charge in [0.15, 0.2) is 0 Å². The molecule has 3 nitrogen and oxygen atoms in total. The predicted molar refractivity (Wildman–Crippen MR) is 78.2 cm³/mol. The molecule has 2 N–H and O–H groups in total. The van der Waals surface area contributed by atoms with E-state index in [0.717, 1.165) is 18.0 Å². The fraction of sp³-hybridized carbons (Fsp3) is 0.562. The lowest BCUT2D eigenvalue weighted by molar-refractivity contribution is -0.136. The van der Waals surface area contributed by atoms with E-state index in [1.165, 1.54) is 18.4 Å². The van der Waals surface area contributed by atoms with Crippen LogP contribution in [0.4, 0.5) is 0 Å². The quantitative estimate of drug-likeness (QED) is 0.757. The molecule has 0 amide bonds. The summed E-state index contributed by atoms with van der Waals surface area (Å²) < 4.78 is 0. The van der Waals surface area contributed by atoms with Gasteiger partial charge in [-0.1, -0.05) is 38.1 Å². The third-order valence-corrected chi connectivity index (χ3v) is 3.21. The topological polar surface area (TPSA) is 49.3 Å². The first-order valence-electron chi connectivity index (χ1n) is 7.00. The fourth-order valence-corrected chi connectivity index (χ4v) is 1.93. The Labute approximate surface area is 116 Å². The van der Waals surface area contributed by atoms with Gasteiger partial charge in [-0.2, -0.15) is 0 Å². The van der Waals surface area contributed by atoms with E-state index in [1.54, 1.807) is 0 Å². The lowest BCUT2D eigenvalue weighted by Crippen LogP contribution is -2.25. The van der Waals surface area contributed by atoms with Crippen molar-refractivity contribution < 1.29 is 9.90 Å². The van der Waals surface area contributed by atoms with Crippen molar-refractivity contribution in [3.63, 3.8) is 0 Å². The highest BCUT2D eigenvalue weighted by atomic mass is 16.4. The van der Waals surface area contributed by atoms with E-state index in [1.807, 2.05) is 24.3 Å². The van der Waals surface area contributed by atoms with E-state index < -0.39 is 5.97 Å². The Hall–Kier alpha value is -1.35. The summed E-state index contributed by atoms with van der Waals surface area (Å²) in [6, 6.07) is 8.30. The molecule has 0 heterocycles. The van der Waals surface area contributed by atoms with Crippen molar-refractivity contribution in [1.29, 1.82) is 0 Å². The molecule has 19 heavy (non-hydrogen) atoms. The van der Waals surface area contributed by atoms with Crippen LogP contribution in [0.25, 0.3) is 0 Å². The summed E-state index contributed by atoms with van der Waals surface area (Å²) in [5.41, 5.74) is 2.05. The minimum absolute atomic E-state index is 0.0957. The maximum atomic E-state index is 10.6. The maximum absolute atomic E-state index is 10.6. The van der Waals surface area contributed by atoms with Gasteiger partial charge < -0.3 is 10.4 Å². The molecule has 0 aliphatic heterocycles. The van der Waals surface area contributed by atoms with Crippen molar-refractivity contribution in [3.05, 3.63) is 35.4 Å². The van der Waals surface area contributed by atoms with Gasteiger partial charge in [0.2, 0.25) is 0 Å². The molecule has 0 saturated heterocycles. The first-order valence-corrected chi connectivity index (χ1v) is 7.00. The van der Waals surface area contributed by atoms with E-state index in [9.17, 15) is 4.79 Å². The Morgan fingerprint density at radius 3 is 2.21 bits per heavy atom. The Morgan fingerprint density at radius 1 is 1.11 bits per heavy atom. The second-order valence-electron chi connectivity index (χ2n) is 5.64. The standard InChI is InChI=1S/C16H25NO2/c1-12(2)4-5-13(3)17-11-15-8-6-14(7-9-15)10-16(18)19/h6-9,12-13,17H,4-5,10-11H2,1-3H3,(H,18,19). The minimum Gasteiger partial charge on any atom is -0.481 e. The van der Waals surface area contributed by atoms with E-state index in [-0.39, 0.29) is 6.42 Å². The monoisotopic (exact) mass is 263 g/mol. The normalized spacial score (nSPS) is 12.6. The van der Waals surface area contributed by atoms with Crippen LogP contribution < -0.4 is 5.32 Å². The summed E-state index contributed by atoms with van der Waals surface area (Å²) >= 11 is 0. The Morgan fingerprint density at radius 2 is 1.68 bits per heavy atom. The van der Waals surface area contributed by atoms with Crippen molar-refractivity contribution in [2.75, 3.05) is 0 Å². The van der Waals surface area contributed by atoms with Gasteiger partial charge >= 0.3 is 5.97 Å². The molecule has 0 aliphatic carbocycles. The van der Waals surface area contributed by atoms with E-state index in [4.69, 9.17) is 5.11 Å². The zero-order valence-electron chi connectivity index (χ0n) is 12.1. The highest BCUT2D eigenvalue weighted by molar-refractivity contribution is 5.70. The summed E-state index contributed by atoms with van der Waals surface area (Å²) in [7, 11) is 0. The van der Waals surface area contributed by atoms with Crippen LogP contribution in [0.5, 0.6) is 0 Å². The van der Waals surface area contributed by atoms with Gasteiger partial charge in [-0.05, 0) is 36.8 Å². The van der Waals surface area contributed by atoms with Gasteiger partial charge in [0, 0.05) is 12.6 Å². The fourth-order valence-electron chi connectivity index (χ4n) is 1.93. The van der Waals surface area contributed by atoms with Gasteiger partial charge in [0.25, 0.3) is 0 Å². The molecule has 3 heteroatoms. The predicted octanol–water partition coefficient (Wildman–Crippen LogP) is 3.23. The molecule has 0 saturated carbocycles. The van der Waals surface area contributed by atoms with Crippen LogP contribution >= 0.6 is 0 Å². The maximum Gasteiger partial charge on any atom is 0.307 e. The molecule has 1 atom stereocenters. The number of benzene rings is 1. The molecular formula is C16H25NO2. The Balaban J connectivity index is 2.35. The number of aliphatic carboxylic acids is 1. The van der Waals surface area contributed by atoms with E-state index in [2.05, 4.69) is 26.1 Å². The van der Waals surface area contributed by atoms with Crippen molar-refractivity contribution in [3.8, 4) is 0 Å². The zero-order valence-corrected chi connectivity index (χ0v) is 12.1. The summed E-state index contributed by atoms with van der Waals surface area (Å²) in [6.45, 7) is 7.54. The molecule has 1 aromatic carbocycles. The van der Waals surface area contributed by atoms with Crippen LogP contribution in [0.15, 0.2) is 24.3 Å². The summed E-state index contributed by atoms with van der Waals surface area (Å²) in [5.74, 6) is -0.0345. The average molecular weight is 263 g/mol. The third-order valence-electron chi connectivity index (χ3n) is 3.21. The highest BCUT2D eigenvalue weighted by Crippen LogP contribution is 2.08. The van der Waals surface area contributed by atoms with Crippen molar-refractivity contribution in [2.45, 2.75) is 52.6 Å². The molecule has 0 fully saturated rings. The average Bonchev–Trinajstić information content (AvgIpc) is 2.35. The zero-order chi connectivity index (χ0) is 14.3. The molecular weight excluding hydrogens is 238 g/mol. The second kappa shape index (κ2) is 7.95. The first kappa shape index (κ1) is 15.7. The number of carboxylic acid groups (broad SMARTS) is 1. The molecule has 0 spiro atoms. The molecule has 0 aliphatic rings. The summed E-state index contributed by atoms with van der Waals surface area (Å²) in [4.78, 5) is 10.6. The summed E-state index contributed by atoms with van der Waals surface area (Å²) in [6.07, 6.45) is 2.53.